The maximum Gasteiger partial charge on any atom is 0.172 e. The molecule has 2 N–H and O–H groups in total. The van der Waals surface area contributed by atoms with Crippen LogP contribution in [0.25, 0.3) is 0 Å². The Labute approximate surface area is 97.1 Å². The largest absolute Gasteiger partial charge is 0.382 e. The maximum atomic E-state index is 13.1. The highest BCUT2D eigenvalue weighted by Gasteiger charge is 2.09. The molecule has 1 heterocycles. The van der Waals surface area contributed by atoms with Gasteiger partial charge in [-0.05, 0) is 42.8 Å². The maximum absolute atomic E-state index is 13.1. The van der Waals surface area contributed by atoms with Crippen LogP contribution in [0.3, 0.4) is 0 Å². The number of halogens is 1. The van der Waals surface area contributed by atoms with E-state index in [-0.39, 0.29) is 11.7 Å². The third-order valence-electron chi connectivity index (χ3n) is 2.29. The molecule has 5 nitrogen and oxygen atoms in total. The molecule has 1 aromatic carbocycles. The zero-order valence-corrected chi connectivity index (χ0v) is 9.44. The van der Waals surface area contributed by atoms with Crippen molar-refractivity contribution in [2.45, 2.75) is 13.8 Å². The molecule has 0 aliphatic rings. The summed E-state index contributed by atoms with van der Waals surface area (Å²) < 4.78 is 17.6. The topological polar surface area (TPSA) is 77.3 Å². The standard InChI is InChI=1S/C11H11FN4O/c1-6-5-8(3-4-9(6)12)14-11(13)10-7(2)15-17-16-10/h3-5H,1-2H3,(H2,13,14). The van der Waals surface area contributed by atoms with Crippen molar-refractivity contribution in [1.82, 2.24) is 10.3 Å². The van der Waals surface area contributed by atoms with Crippen molar-refractivity contribution >= 4 is 11.5 Å². The molecule has 0 amide bonds. The summed E-state index contributed by atoms with van der Waals surface area (Å²) >= 11 is 0. The molecule has 0 aliphatic heterocycles. The monoisotopic (exact) mass is 234 g/mol. The Morgan fingerprint density at radius 1 is 1.35 bits per heavy atom. The Kier molecular flexibility index (Phi) is 2.86. The number of nitrogens with zero attached hydrogens (tertiary/aromatic N) is 3. The summed E-state index contributed by atoms with van der Waals surface area (Å²) in [5, 5.41) is 7.24. The fourth-order valence-electron chi connectivity index (χ4n) is 1.35. The van der Waals surface area contributed by atoms with Crippen LogP contribution in [0.4, 0.5) is 10.1 Å². The van der Waals surface area contributed by atoms with Gasteiger partial charge in [-0.2, -0.15) is 0 Å². The van der Waals surface area contributed by atoms with Crippen LogP contribution in [0.1, 0.15) is 17.0 Å². The van der Waals surface area contributed by atoms with Crippen molar-refractivity contribution < 1.29 is 9.02 Å². The average Bonchev–Trinajstić information content (AvgIpc) is 2.70. The third-order valence-corrected chi connectivity index (χ3v) is 2.29. The van der Waals surface area contributed by atoms with Crippen molar-refractivity contribution in [3.8, 4) is 0 Å². The lowest BCUT2D eigenvalue weighted by Crippen LogP contribution is -2.14. The number of aryl methyl sites for hydroxylation is 2. The molecule has 0 unspecified atom stereocenters. The molecule has 0 spiro atoms. The lowest BCUT2D eigenvalue weighted by atomic mass is 10.2. The molecule has 88 valence electrons. The van der Waals surface area contributed by atoms with Crippen LogP contribution >= 0.6 is 0 Å². The molecule has 0 atom stereocenters. The molecule has 2 rings (SSSR count). The Morgan fingerprint density at radius 2 is 2.12 bits per heavy atom. The first-order valence-corrected chi connectivity index (χ1v) is 4.98. The van der Waals surface area contributed by atoms with Crippen LogP contribution < -0.4 is 5.73 Å². The first kappa shape index (κ1) is 11.3. The minimum Gasteiger partial charge on any atom is -0.382 e. The van der Waals surface area contributed by atoms with Crippen molar-refractivity contribution in [3.63, 3.8) is 0 Å². The molecule has 0 fully saturated rings. The second-order valence-electron chi connectivity index (χ2n) is 3.63. The van der Waals surface area contributed by atoms with Crippen molar-refractivity contribution in [1.29, 1.82) is 0 Å². The first-order valence-electron chi connectivity index (χ1n) is 4.98. The fraction of sp³-hybridized carbons (Fsp3) is 0.182. The minimum atomic E-state index is -0.276. The van der Waals surface area contributed by atoms with E-state index < -0.39 is 0 Å². The van der Waals surface area contributed by atoms with E-state index in [0.717, 1.165) is 0 Å². The molecule has 0 bridgehead atoms. The van der Waals surface area contributed by atoms with Crippen LogP contribution in [0.2, 0.25) is 0 Å². The number of aromatic nitrogens is 2. The molecule has 0 saturated carbocycles. The van der Waals surface area contributed by atoms with E-state index >= 15 is 0 Å². The lowest BCUT2D eigenvalue weighted by Gasteiger charge is -1.99. The van der Waals surface area contributed by atoms with E-state index in [9.17, 15) is 4.39 Å². The molecule has 2 aromatic rings. The van der Waals surface area contributed by atoms with E-state index in [1.54, 1.807) is 19.9 Å². The number of aliphatic imine (C=N–C) groups is 1. The van der Waals surface area contributed by atoms with Gasteiger partial charge in [-0.15, -0.1) is 0 Å². The summed E-state index contributed by atoms with van der Waals surface area (Å²) in [6.07, 6.45) is 0. The lowest BCUT2D eigenvalue weighted by molar-refractivity contribution is 0.304. The second kappa shape index (κ2) is 4.32. The number of hydrogen-bond acceptors (Lipinski definition) is 4. The van der Waals surface area contributed by atoms with Gasteiger partial charge in [-0.3, -0.25) is 0 Å². The van der Waals surface area contributed by atoms with E-state index in [2.05, 4.69) is 19.9 Å². The van der Waals surface area contributed by atoms with Gasteiger partial charge in [-0.25, -0.2) is 14.0 Å². The van der Waals surface area contributed by atoms with Crippen LogP contribution in [0.5, 0.6) is 0 Å². The highest BCUT2D eigenvalue weighted by atomic mass is 19.1. The molecule has 0 saturated heterocycles. The molecule has 17 heavy (non-hydrogen) atoms. The van der Waals surface area contributed by atoms with Gasteiger partial charge in [0.05, 0.1) is 5.69 Å². The summed E-state index contributed by atoms with van der Waals surface area (Å²) in [5.41, 5.74) is 7.78. The van der Waals surface area contributed by atoms with E-state index in [4.69, 9.17) is 5.73 Å². The summed E-state index contributed by atoms with van der Waals surface area (Å²) in [4.78, 5) is 4.13. The van der Waals surface area contributed by atoms with E-state index in [0.29, 0.717) is 22.6 Å². The quantitative estimate of drug-likeness (QED) is 0.635. The predicted octanol–water partition coefficient (Wildman–Crippen LogP) is 1.86. The molecule has 1 aromatic heterocycles. The van der Waals surface area contributed by atoms with Crippen LogP contribution in [0.15, 0.2) is 27.8 Å². The second-order valence-corrected chi connectivity index (χ2v) is 3.63. The van der Waals surface area contributed by atoms with Gasteiger partial charge in [0.1, 0.15) is 11.5 Å². The highest BCUT2D eigenvalue weighted by Crippen LogP contribution is 2.17. The Bertz CT molecular complexity index is 577. The van der Waals surface area contributed by atoms with Crippen LogP contribution in [0, 0.1) is 19.7 Å². The molecule has 0 aliphatic carbocycles. The van der Waals surface area contributed by atoms with Gasteiger partial charge >= 0.3 is 0 Å². The fourth-order valence-corrected chi connectivity index (χ4v) is 1.35. The zero-order valence-electron chi connectivity index (χ0n) is 9.44. The zero-order chi connectivity index (χ0) is 12.4. The highest BCUT2D eigenvalue weighted by molar-refractivity contribution is 5.97. The van der Waals surface area contributed by atoms with E-state index in [1.165, 1.54) is 12.1 Å². The Hall–Kier alpha value is -2.24. The number of hydrogen-bond donors (Lipinski definition) is 1. The minimum absolute atomic E-state index is 0.190. The number of amidine groups is 1. The van der Waals surface area contributed by atoms with Crippen LogP contribution in [-0.4, -0.2) is 16.1 Å². The number of benzene rings is 1. The smallest absolute Gasteiger partial charge is 0.172 e. The summed E-state index contributed by atoms with van der Waals surface area (Å²) in [5.74, 6) is -0.0865. The molecule has 0 radical (unpaired) electrons. The van der Waals surface area contributed by atoms with Crippen molar-refractivity contribution in [2.75, 3.05) is 0 Å². The summed E-state index contributed by atoms with van der Waals surface area (Å²) in [6, 6.07) is 4.48. The SMILES string of the molecule is Cc1cc(N=C(N)c2nonc2C)ccc1F. The number of rotatable bonds is 2. The van der Waals surface area contributed by atoms with Crippen molar-refractivity contribution in [2.24, 2.45) is 10.7 Å². The average molecular weight is 234 g/mol. The van der Waals surface area contributed by atoms with Gasteiger partial charge in [0.2, 0.25) is 0 Å². The molecule has 6 heteroatoms. The van der Waals surface area contributed by atoms with Crippen LogP contribution in [-0.2, 0) is 0 Å². The van der Waals surface area contributed by atoms with Gasteiger partial charge in [-0.1, -0.05) is 5.16 Å². The predicted molar refractivity (Wildman–Crippen MR) is 60.6 cm³/mol. The van der Waals surface area contributed by atoms with Gasteiger partial charge in [0.15, 0.2) is 11.5 Å². The van der Waals surface area contributed by atoms with E-state index in [1.807, 2.05) is 0 Å². The first-order chi connectivity index (χ1) is 8.08. The molecular weight excluding hydrogens is 223 g/mol. The Balaban J connectivity index is 2.36. The number of nitrogens with two attached hydrogens (primary N) is 1. The Morgan fingerprint density at radius 3 is 2.71 bits per heavy atom. The normalized spacial score (nSPS) is 11.8. The van der Waals surface area contributed by atoms with Gasteiger partial charge in [0, 0.05) is 0 Å². The third kappa shape index (κ3) is 2.30. The van der Waals surface area contributed by atoms with Crippen molar-refractivity contribution in [3.05, 3.63) is 41.0 Å². The van der Waals surface area contributed by atoms with Gasteiger partial charge < -0.3 is 5.73 Å². The summed E-state index contributed by atoms with van der Waals surface area (Å²) in [6.45, 7) is 3.37. The molecular formula is C11H11FN4O. The summed E-state index contributed by atoms with van der Waals surface area (Å²) in [7, 11) is 0. The van der Waals surface area contributed by atoms with Gasteiger partial charge in [0.25, 0.3) is 0 Å².